The van der Waals surface area contributed by atoms with Crippen molar-refractivity contribution in [2.75, 3.05) is 24.7 Å². The van der Waals surface area contributed by atoms with Crippen molar-refractivity contribution in [1.29, 1.82) is 0 Å². The van der Waals surface area contributed by atoms with E-state index in [4.69, 9.17) is 39.0 Å². The number of H-pyrrole nitrogens is 2. The summed E-state index contributed by atoms with van der Waals surface area (Å²) in [4.78, 5) is 45.3. The van der Waals surface area contributed by atoms with Crippen molar-refractivity contribution >= 4 is 77.9 Å². The Hall–Kier alpha value is -2.52. The summed E-state index contributed by atoms with van der Waals surface area (Å²) in [6.07, 6.45) is -17.1. The molecule has 3 aliphatic heterocycles. The van der Waals surface area contributed by atoms with E-state index >= 15 is 0 Å². The Morgan fingerprint density at radius 3 is 1.57 bits per heavy atom. The van der Waals surface area contributed by atoms with Crippen LogP contribution in [0.1, 0.15) is 12.5 Å². The summed E-state index contributed by atoms with van der Waals surface area (Å²) >= 11 is 4.66. The van der Waals surface area contributed by atoms with Crippen molar-refractivity contribution in [3.8, 4) is 0 Å². The first-order chi connectivity index (χ1) is 21.7. The van der Waals surface area contributed by atoms with Crippen LogP contribution in [0.4, 0.5) is 11.9 Å². The predicted octanol–water partition coefficient (Wildman–Crippen LogP) is -2.70. The molecule has 4 aromatic rings. The molecule has 7 rings (SSSR count). The van der Waals surface area contributed by atoms with Crippen LogP contribution in [-0.4, -0.2) is 130 Å². The maximum absolute atomic E-state index is 13.5. The number of nitrogens with two attached hydrogens (primary N) is 2. The zero-order valence-electron chi connectivity index (χ0n) is 22.7. The number of aliphatic hydroxyl groups is 2. The van der Waals surface area contributed by atoms with Crippen LogP contribution in [0, 0.1) is 0 Å². The second-order valence-electron chi connectivity index (χ2n) is 10.3. The number of aromatic amines is 2. The molecule has 2 unspecified atom stereocenters. The first kappa shape index (κ1) is 32.0. The minimum atomic E-state index is -4.17. The van der Waals surface area contributed by atoms with Crippen LogP contribution in [-0.2, 0) is 36.7 Å². The summed E-state index contributed by atoms with van der Waals surface area (Å²) in [7, 11) is 0. The number of nitrogens with zero attached hydrogens (tertiary/aromatic N) is 6. The SMILES string of the molecule is Nc1nc2c(ncn2[C@@H]2O[C@@H]3COP(=O)([Se])O[C@H]4[C@@H](O)[C@H](n5cnc6c(=O)[nH]c(N)nc65)O[C@@H]4COP(=O)([Se])O[C@H]3[C@H]2O)c(=O)[nH]1. The molecule has 3 saturated heterocycles. The minimum absolute atomic E-state index is 0.0226. The van der Waals surface area contributed by atoms with E-state index in [-0.39, 0.29) is 34.2 Å². The molecule has 2 radical (unpaired) electrons. The van der Waals surface area contributed by atoms with Crippen molar-refractivity contribution in [2.45, 2.75) is 49.1 Å². The van der Waals surface area contributed by atoms with E-state index in [1.807, 2.05) is 0 Å². The number of anilines is 2. The zero-order valence-corrected chi connectivity index (χ0v) is 27.9. The van der Waals surface area contributed by atoms with Crippen molar-refractivity contribution in [3.63, 3.8) is 0 Å². The predicted molar refractivity (Wildman–Crippen MR) is 153 cm³/mol. The molecule has 246 valence electrons. The summed E-state index contributed by atoms with van der Waals surface area (Å²) in [5.41, 5.74) is 9.86. The number of fused-ring (bicyclic) bond motifs is 4. The molecule has 22 nitrogen and oxygen atoms in total. The second kappa shape index (κ2) is 11.6. The van der Waals surface area contributed by atoms with Crippen LogP contribution in [0.3, 0.4) is 0 Å². The van der Waals surface area contributed by atoms with Gasteiger partial charge in [0.15, 0.2) is 0 Å². The summed E-state index contributed by atoms with van der Waals surface area (Å²) in [6.45, 7) is -1.11. The van der Waals surface area contributed by atoms with E-state index in [1.165, 1.54) is 21.8 Å². The van der Waals surface area contributed by atoms with E-state index in [1.54, 1.807) is 0 Å². The van der Waals surface area contributed by atoms with Gasteiger partial charge in [-0.1, -0.05) is 0 Å². The van der Waals surface area contributed by atoms with E-state index in [9.17, 15) is 28.9 Å². The Bertz CT molecular complexity index is 1910. The molecule has 4 aromatic heterocycles. The second-order valence-corrected chi connectivity index (χ2v) is 18.6. The number of hydrogen-bond donors (Lipinski definition) is 6. The number of aliphatic hydroxyl groups excluding tert-OH is 2. The van der Waals surface area contributed by atoms with Crippen LogP contribution >= 0.6 is 12.6 Å². The van der Waals surface area contributed by atoms with Gasteiger partial charge in [0.2, 0.25) is 0 Å². The molecule has 3 aliphatic rings. The normalized spacial score (nSPS) is 37.1. The molecule has 7 heterocycles. The van der Waals surface area contributed by atoms with E-state index < -0.39 is 86.0 Å². The number of imidazole rings is 2. The fraction of sp³-hybridized carbons (Fsp3) is 0.500. The molecular weight excluding hydrogens is 792 g/mol. The monoisotopic (exact) mass is 816 g/mol. The Morgan fingerprint density at radius 1 is 0.783 bits per heavy atom. The number of nitrogen functional groups attached to an aromatic ring is 2. The first-order valence-corrected chi connectivity index (χ1v) is 20.6. The Balaban J connectivity index is 1.18. The van der Waals surface area contributed by atoms with Crippen LogP contribution in [0.5, 0.6) is 0 Å². The molecule has 3 fully saturated rings. The van der Waals surface area contributed by atoms with Gasteiger partial charge in [0.1, 0.15) is 0 Å². The Morgan fingerprint density at radius 2 is 1.17 bits per heavy atom. The van der Waals surface area contributed by atoms with Crippen LogP contribution in [0.25, 0.3) is 22.3 Å². The summed E-state index contributed by atoms with van der Waals surface area (Å²) < 4.78 is 63.9. The van der Waals surface area contributed by atoms with Crippen LogP contribution in [0.15, 0.2) is 22.2 Å². The average Bonchev–Trinajstić information content (AvgIpc) is 3.72. The molecule has 10 atom stereocenters. The summed E-state index contributed by atoms with van der Waals surface area (Å²) in [6, 6.07) is 0. The van der Waals surface area contributed by atoms with Gasteiger partial charge in [-0.2, -0.15) is 0 Å². The van der Waals surface area contributed by atoms with Crippen molar-refractivity contribution < 1.29 is 46.9 Å². The maximum atomic E-state index is 13.5. The molecule has 0 amide bonds. The molecule has 26 heteroatoms. The zero-order chi connectivity index (χ0) is 32.7. The van der Waals surface area contributed by atoms with Gasteiger partial charge in [-0.3, -0.25) is 0 Å². The number of hydrogen-bond acceptors (Lipinski definition) is 18. The quantitative estimate of drug-likeness (QED) is 0.0886. The third-order valence-corrected chi connectivity index (χ3v) is 11.7. The van der Waals surface area contributed by atoms with Gasteiger partial charge in [0.05, 0.1) is 0 Å². The number of nitrogens with one attached hydrogen (secondary N) is 2. The van der Waals surface area contributed by atoms with Gasteiger partial charge in [-0.15, -0.1) is 0 Å². The van der Waals surface area contributed by atoms with Gasteiger partial charge >= 0.3 is 271 Å². The van der Waals surface area contributed by atoms with Crippen molar-refractivity contribution in [2.24, 2.45) is 0 Å². The summed E-state index contributed by atoms with van der Waals surface area (Å²) in [5.74, 6) is -0.433. The van der Waals surface area contributed by atoms with E-state index in [0.717, 1.165) is 0 Å². The summed E-state index contributed by atoms with van der Waals surface area (Å²) in [5, 5.41) is 22.5. The van der Waals surface area contributed by atoms with E-state index in [0.29, 0.717) is 0 Å². The van der Waals surface area contributed by atoms with Crippen LogP contribution < -0.4 is 22.6 Å². The molecule has 0 saturated carbocycles. The number of ether oxygens (including phenoxy) is 2. The Kier molecular flexibility index (Phi) is 8.06. The van der Waals surface area contributed by atoms with Gasteiger partial charge in [0.25, 0.3) is 0 Å². The number of aromatic nitrogens is 8. The molecule has 0 bridgehead atoms. The molecule has 8 N–H and O–H groups in total. The molecule has 46 heavy (non-hydrogen) atoms. The fourth-order valence-electron chi connectivity index (χ4n) is 5.37. The molecule has 0 spiro atoms. The number of rotatable bonds is 2. The van der Waals surface area contributed by atoms with Crippen molar-refractivity contribution in [3.05, 3.63) is 33.4 Å². The third kappa shape index (κ3) is 5.67. The standard InChI is InChI=1S/C20H22N10O12P2Se2/c21-19-25-13-7(15(33)27-19)23-3-29(13)17-9(31)11-5(39-17)1-37-43(35,45)42-12-6(2-38-44(36,46)41-11)40-18(10(12)32)30-4-24-8-14(30)26-20(22)28-16(8)34/h3-6,9-12,17-18,31-32H,1-2H2,(H3,21,25,27,33)(H3,22,26,28,34)/t5-,6-,9-,10-,11-,12-,17-,18-,43?,44?/m1/s1. The van der Waals surface area contributed by atoms with Gasteiger partial charge in [0, 0.05) is 0 Å². The van der Waals surface area contributed by atoms with Crippen molar-refractivity contribution in [1.82, 2.24) is 39.0 Å². The molecular formula is C20H22N10O12P2Se2. The van der Waals surface area contributed by atoms with E-state index in [2.05, 4.69) is 61.0 Å². The van der Waals surface area contributed by atoms with Gasteiger partial charge < -0.3 is 0 Å². The van der Waals surface area contributed by atoms with Gasteiger partial charge in [-0.05, 0) is 0 Å². The topological polar surface area (TPSA) is 309 Å². The van der Waals surface area contributed by atoms with Gasteiger partial charge in [-0.25, -0.2) is 0 Å². The Labute approximate surface area is 270 Å². The van der Waals surface area contributed by atoms with Crippen LogP contribution in [0.2, 0.25) is 0 Å². The third-order valence-electron chi connectivity index (χ3n) is 7.36. The fourth-order valence-corrected chi connectivity index (χ4v) is 9.29. The molecule has 0 aromatic carbocycles. The first-order valence-electron chi connectivity index (χ1n) is 13.1. The molecule has 0 aliphatic carbocycles. The average molecular weight is 814 g/mol.